The number of amides is 2. The summed E-state index contributed by atoms with van der Waals surface area (Å²) in [7, 11) is 0. The first-order chi connectivity index (χ1) is 17.6. The molecule has 1 aliphatic carbocycles. The number of benzene rings is 2. The molecule has 1 aliphatic heterocycles. The van der Waals surface area contributed by atoms with Crippen molar-refractivity contribution in [1.82, 2.24) is 15.2 Å². The number of nitrogens with zero attached hydrogens (tertiary/aromatic N) is 2. The fraction of sp³-hybridized carbons (Fsp3) is 0.323. The minimum absolute atomic E-state index is 0.0185. The molecule has 1 aromatic heterocycles. The molecule has 5 nitrogen and oxygen atoms in total. The average Bonchev–Trinajstić information content (AvgIpc) is 3.64. The number of likely N-dealkylation sites (tertiary alicyclic amines) is 1. The molecule has 2 aliphatic rings. The molecular weight excluding hydrogens is 446 g/mol. The van der Waals surface area contributed by atoms with E-state index in [-0.39, 0.29) is 29.1 Å². The van der Waals surface area contributed by atoms with Crippen molar-refractivity contribution in [2.75, 3.05) is 19.6 Å². The van der Waals surface area contributed by atoms with Crippen molar-refractivity contribution < 1.29 is 9.59 Å². The Morgan fingerprint density at radius 3 is 2.19 bits per heavy atom. The van der Waals surface area contributed by atoms with Gasteiger partial charge in [0.15, 0.2) is 0 Å². The molecule has 2 amide bonds. The lowest BCUT2D eigenvalue weighted by Gasteiger charge is -2.32. The molecule has 3 aromatic rings. The molecule has 1 spiro atoms. The maximum absolute atomic E-state index is 13.0. The number of carbonyl (C=O) groups is 2. The molecule has 2 aromatic carbocycles. The summed E-state index contributed by atoms with van der Waals surface area (Å²) >= 11 is 0. The van der Waals surface area contributed by atoms with E-state index in [1.807, 2.05) is 35.2 Å². The van der Waals surface area contributed by atoms with Gasteiger partial charge in [-0.1, -0.05) is 66.7 Å². The third-order valence-electron chi connectivity index (χ3n) is 7.80. The Morgan fingerprint density at radius 1 is 0.944 bits per heavy atom. The number of hydrogen-bond donors (Lipinski definition) is 1. The first-order valence-corrected chi connectivity index (χ1v) is 12.9. The number of carbonyl (C=O) groups excluding carboxylic acids is 2. The Hall–Kier alpha value is -3.73. The van der Waals surface area contributed by atoms with Crippen molar-refractivity contribution in [1.29, 1.82) is 0 Å². The highest BCUT2D eigenvalue weighted by Gasteiger charge is 2.58. The predicted molar refractivity (Wildman–Crippen MR) is 142 cm³/mol. The summed E-state index contributed by atoms with van der Waals surface area (Å²) in [5.74, 6) is 0.523. The monoisotopic (exact) mass is 479 g/mol. The van der Waals surface area contributed by atoms with Gasteiger partial charge < -0.3 is 10.2 Å². The first kappa shape index (κ1) is 24.0. The zero-order valence-electron chi connectivity index (χ0n) is 20.6. The number of hydrogen-bond acceptors (Lipinski definition) is 3. The van der Waals surface area contributed by atoms with Crippen molar-refractivity contribution >= 4 is 17.9 Å². The molecule has 0 unspecified atom stereocenters. The summed E-state index contributed by atoms with van der Waals surface area (Å²) in [6, 6.07) is 26.7. The Balaban J connectivity index is 1.10. The molecular formula is C31H33N3O2. The standard InChI is InChI=1S/C31H33N3O2/c35-29(15-14-26-13-7-8-19-32-26)34-21-17-31(18-22-34)23-28(31)30(36)33-20-16-27(24-9-3-1-4-10-24)25-11-5-2-6-12-25/h1-15,19,27-28H,16-18,20-23H2,(H,33,36)/b15-14+/t28-/m0/s1. The maximum atomic E-state index is 13.0. The van der Waals surface area contributed by atoms with E-state index in [1.165, 1.54) is 11.1 Å². The van der Waals surface area contributed by atoms with Gasteiger partial charge in [0, 0.05) is 43.7 Å². The summed E-state index contributed by atoms with van der Waals surface area (Å²) < 4.78 is 0. The quantitative estimate of drug-likeness (QED) is 0.459. The van der Waals surface area contributed by atoms with Crippen LogP contribution in [0.2, 0.25) is 0 Å². The second-order valence-corrected chi connectivity index (χ2v) is 9.99. The van der Waals surface area contributed by atoms with Gasteiger partial charge in [-0.05, 0) is 60.4 Å². The predicted octanol–water partition coefficient (Wildman–Crippen LogP) is 5.06. The Labute approximate surface area is 213 Å². The first-order valence-electron chi connectivity index (χ1n) is 12.9. The Morgan fingerprint density at radius 2 is 1.58 bits per heavy atom. The molecule has 2 fully saturated rings. The van der Waals surface area contributed by atoms with Crippen LogP contribution in [0, 0.1) is 11.3 Å². The number of pyridine rings is 1. The number of piperidine rings is 1. The molecule has 0 bridgehead atoms. The van der Waals surface area contributed by atoms with Crippen molar-refractivity contribution in [3.8, 4) is 0 Å². The van der Waals surface area contributed by atoms with Crippen LogP contribution < -0.4 is 5.32 Å². The van der Waals surface area contributed by atoms with Crippen molar-refractivity contribution in [3.63, 3.8) is 0 Å². The molecule has 5 heteroatoms. The van der Waals surface area contributed by atoms with E-state index >= 15 is 0 Å². The average molecular weight is 480 g/mol. The van der Waals surface area contributed by atoms with Crippen LogP contribution in [0.1, 0.15) is 48.4 Å². The van der Waals surface area contributed by atoms with E-state index in [0.29, 0.717) is 19.6 Å². The van der Waals surface area contributed by atoms with Crippen LogP contribution in [0.3, 0.4) is 0 Å². The van der Waals surface area contributed by atoms with Crippen LogP contribution in [0.25, 0.3) is 6.08 Å². The highest BCUT2D eigenvalue weighted by Crippen LogP contribution is 2.59. The number of rotatable bonds is 8. The summed E-state index contributed by atoms with van der Waals surface area (Å²) in [4.78, 5) is 31.7. The van der Waals surface area contributed by atoms with Crippen molar-refractivity contribution in [2.24, 2.45) is 11.3 Å². The molecule has 1 atom stereocenters. The smallest absolute Gasteiger partial charge is 0.246 e. The zero-order chi connectivity index (χ0) is 24.8. The third kappa shape index (κ3) is 5.56. The summed E-state index contributed by atoms with van der Waals surface area (Å²) in [5, 5.41) is 3.22. The number of nitrogens with one attached hydrogen (secondary N) is 1. The molecule has 5 rings (SSSR count). The second kappa shape index (κ2) is 10.9. The van der Waals surface area contributed by atoms with E-state index in [1.54, 1.807) is 18.3 Å². The molecule has 2 heterocycles. The molecule has 0 radical (unpaired) electrons. The summed E-state index contributed by atoms with van der Waals surface area (Å²) in [5.41, 5.74) is 3.40. The van der Waals surface area contributed by atoms with Gasteiger partial charge in [-0.2, -0.15) is 0 Å². The van der Waals surface area contributed by atoms with Gasteiger partial charge in [-0.3, -0.25) is 14.6 Å². The van der Waals surface area contributed by atoms with Crippen LogP contribution in [0.15, 0.2) is 91.1 Å². The lowest BCUT2D eigenvalue weighted by atomic mass is 9.88. The van der Waals surface area contributed by atoms with E-state index in [0.717, 1.165) is 31.4 Å². The van der Waals surface area contributed by atoms with E-state index in [4.69, 9.17) is 0 Å². The van der Waals surface area contributed by atoms with Gasteiger partial charge in [-0.25, -0.2) is 0 Å². The van der Waals surface area contributed by atoms with Gasteiger partial charge >= 0.3 is 0 Å². The summed E-state index contributed by atoms with van der Waals surface area (Å²) in [6.45, 7) is 2.07. The van der Waals surface area contributed by atoms with Crippen LogP contribution >= 0.6 is 0 Å². The minimum atomic E-state index is 0.0185. The van der Waals surface area contributed by atoms with Gasteiger partial charge in [0.25, 0.3) is 0 Å². The third-order valence-corrected chi connectivity index (χ3v) is 7.80. The largest absolute Gasteiger partial charge is 0.356 e. The lowest BCUT2D eigenvalue weighted by Crippen LogP contribution is -2.40. The minimum Gasteiger partial charge on any atom is -0.356 e. The van der Waals surface area contributed by atoms with Crippen molar-refractivity contribution in [2.45, 2.75) is 31.6 Å². The Kier molecular flexibility index (Phi) is 7.26. The molecule has 1 N–H and O–H groups in total. The van der Waals surface area contributed by atoms with Gasteiger partial charge in [-0.15, -0.1) is 0 Å². The topological polar surface area (TPSA) is 62.3 Å². The van der Waals surface area contributed by atoms with Crippen LogP contribution in [-0.4, -0.2) is 41.3 Å². The van der Waals surface area contributed by atoms with Crippen LogP contribution in [0.4, 0.5) is 0 Å². The summed E-state index contributed by atoms with van der Waals surface area (Å²) in [6.07, 6.45) is 8.67. The van der Waals surface area contributed by atoms with Crippen LogP contribution in [0.5, 0.6) is 0 Å². The van der Waals surface area contributed by atoms with Gasteiger partial charge in [0.05, 0.1) is 5.69 Å². The molecule has 184 valence electrons. The maximum Gasteiger partial charge on any atom is 0.246 e. The van der Waals surface area contributed by atoms with E-state index in [9.17, 15) is 9.59 Å². The molecule has 36 heavy (non-hydrogen) atoms. The molecule has 1 saturated carbocycles. The number of aromatic nitrogens is 1. The molecule has 1 saturated heterocycles. The lowest BCUT2D eigenvalue weighted by molar-refractivity contribution is -0.127. The van der Waals surface area contributed by atoms with Gasteiger partial charge in [0.2, 0.25) is 11.8 Å². The SMILES string of the molecule is O=C(NCCC(c1ccccc1)c1ccccc1)[C@@H]1CC12CCN(C(=O)/C=C/c1ccccn1)CC2. The fourth-order valence-electron chi connectivity index (χ4n) is 5.54. The second-order valence-electron chi connectivity index (χ2n) is 9.99. The normalized spacial score (nSPS) is 18.5. The highest BCUT2D eigenvalue weighted by molar-refractivity contribution is 5.91. The van der Waals surface area contributed by atoms with Crippen LogP contribution in [-0.2, 0) is 9.59 Å². The zero-order valence-corrected chi connectivity index (χ0v) is 20.6. The van der Waals surface area contributed by atoms with E-state index < -0.39 is 0 Å². The Bertz CT molecular complexity index is 1150. The highest BCUT2D eigenvalue weighted by atomic mass is 16.2. The van der Waals surface area contributed by atoms with E-state index in [2.05, 4.69) is 58.8 Å². The van der Waals surface area contributed by atoms with Gasteiger partial charge in [0.1, 0.15) is 0 Å². The van der Waals surface area contributed by atoms with Crippen molar-refractivity contribution in [3.05, 3.63) is 108 Å². The fourth-order valence-corrected chi connectivity index (χ4v) is 5.54.